The van der Waals surface area contributed by atoms with E-state index in [1.54, 1.807) is 40.1 Å². The second-order valence-electron chi connectivity index (χ2n) is 6.92. The second-order valence-corrected chi connectivity index (χ2v) is 7.87. The third-order valence-corrected chi connectivity index (χ3v) is 5.30. The Morgan fingerprint density at radius 3 is 2.24 bits per heavy atom. The van der Waals surface area contributed by atoms with Gasteiger partial charge in [-0.2, -0.15) is 0 Å². The van der Waals surface area contributed by atoms with Crippen LogP contribution in [-0.2, 0) is 9.53 Å². The summed E-state index contributed by atoms with van der Waals surface area (Å²) in [5, 5.41) is 1.87. The van der Waals surface area contributed by atoms with Crippen molar-refractivity contribution < 1.29 is 23.9 Å². The Morgan fingerprint density at radius 1 is 1.00 bits per heavy atom. The highest BCUT2D eigenvalue weighted by molar-refractivity contribution is 7.12. The Morgan fingerprint density at radius 2 is 1.66 bits per heavy atom. The van der Waals surface area contributed by atoms with Crippen molar-refractivity contribution in [1.82, 2.24) is 9.80 Å². The van der Waals surface area contributed by atoms with Crippen LogP contribution in [0.1, 0.15) is 33.9 Å². The van der Waals surface area contributed by atoms with E-state index in [-0.39, 0.29) is 24.5 Å². The maximum atomic E-state index is 12.3. The molecular weight excluding hydrogens is 392 g/mol. The minimum atomic E-state index is -0.555. The standard InChI is InChI=1S/C21H24N2O5S/c1-15(2)28-17-7-5-16(6-8-17)21(26)27-14-19(24)22-9-11-23(12-10-22)20(25)18-4-3-13-29-18/h3-8,13,15H,9-12,14H2,1-2H3. The monoisotopic (exact) mass is 416 g/mol. The zero-order chi connectivity index (χ0) is 20.8. The van der Waals surface area contributed by atoms with Gasteiger partial charge in [0, 0.05) is 26.2 Å². The van der Waals surface area contributed by atoms with Crippen molar-refractivity contribution in [3.05, 3.63) is 52.2 Å². The van der Waals surface area contributed by atoms with E-state index in [2.05, 4.69) is 0 Å². The summed E-state index contributed by atoms with van der Waals surface area (Å²) in [5.41, 5.74) is 0.361. The molecule has 1 aromatic heterocycles. The molecule has 1 saturated heterocycles. The highest BCUT2D eigenvalue weighted by Gasteiger charge is 2.25. The Hall–Kier alpha value is -2.87. The summed E-state index contributed by atoms with van der Waals surface area (Å²) in [6.07, 6.45) is 0.0477. The van der Waals surface area contributed by atoms with E-state index >= 15 is 0 Å². The highest BCUT2D eigenvalue weighted by Crippen LogP contribution is 2.15. The minimum absolute atomic E-state index is 0.0107. The maximum Gasteiger partial charge on any atom is 0.338 e. The lowest BCUT2D eigenvalue weighted by atomic mass is 10.2. The highest BCUT2D eigenvalue weighted by atomic mass is 32.1. The van der Waals surface area contributed by atoms with Gasteiger partial charge >= 0.3 is 5.97 Å². The number of benzene rings is 1. The van der Waals surface area contributed by atoms with E-state index < -0.39 is 5.97 Å². The first-order valence-electron chi connectivity index (χ1n) is 9.48. The number of nitrogens with zero attached hydrogens (tertiary/aromatic N) is 2. The topological polar surface area (TPSA) is 76.2 Å². The van der Waals surface area contributed by atoms with Crippen LogP contribution in [0.2, 0.25) is 0 Å². The Kier molecular flexibility index (Phi) is 6.87. The molecule has 1 fully saturated rings. The van der Waals surface area contributed by atoms with Crippen molar-refractivity contribution in [2.24, 2.45) is 0 Å². The molecule has 1 aliphatic heterocycles. The lowest BCUT2D eigenvalue weighted by Crippen LogP contribution is -2.51. The van der Waals surface area contributed by atoms with Crippen LogP contribution in [0.25, 0.3) is 0 Å². The average Bonchev–Trinajstić information content (AvgIpc) is 3.26. The molecule has 0 N–H and O–H groups in total. The Bertz CT molecular complexity index is 840. The molecule has 0 spiro atoms. The minimum Gasteiger partial charge on any atom is -0.491 e. The molecule has 0 saturated carbocycles. The van der Waals surface area contributed by atoms with E-state index in [1.165, 1.54) is 11.3 Å². The van der Waals surface area contributed by atoms with Crippen LogP contribution in [0.5, 0.6) is 5.75 Å². The van der Waals surface area contributed by atoms with Gasteiger partial charge in [0.15, 0.2) is 6.61 Å². The number of piperazine rings is 1. The van der Waals surface area contributed by atoms with Crippen molar-refractivity contribution in [3.63, 3.8) is 0 Å². The number of thiophene rings is 1. The summed E-state index contributed by atoms with van der Waals surface area (Å²) in [4.78, 5) is 40.9. The van der Waals surface area contributed by atoms with Gasteiger partial charge in [0.1, 0.15) is 5.75 Å². The summed E-state index contributed by atoms with van der Waals surface area (Å²) in [6, 6.07) is 10.3. The van der Waals surface area contributed by atoms with Crippen molar-refractivity contribution in [1.29, 1.82) is 0 Å². The van der Waals surface area contributed by atoms with Crippen molar-refractivity contribution >= 4 is 29.1 Å². The molecule has 154 valence electrons. The average molecular weight is 416 g/mol. The van der Waals surface area contributed by atoms with Crippen LogP contribution in [0.15, 0.2) is 41.8 Å². The first-order chi connectivity index (χ1) is 13.9. The molecule has 0 radical (unpaired) electrons. The molecule has 0 bridgehead atoms. The van der Waals surface area contributed by atoms with Crippen molar-refractivity contribution in [3.8, 4) is 5.75 Å². The number of rotatable bonds is 6. The van der Waals surface area contributed by atoms with E-state index in [1.807, 2.05) is 25.3 Å². The number of ether oxygens (including phenoxy) is 2. The first-order valence-corrected chi connectivity index (χ1v) is 10.4. The van der Waals surface area contributed by atoms with Crippen molar-refractivity contribution in [2.75, 3.05) is 32.8 Å². The molecule has 1 aromatic carbocycles. The van der Waals surface area contributed by atoms with Gasteiger partial charge in [0.25, 0.3) is 11.8 Å². The number of esters is 1. The van der Waals surface area contributed by atoms with Gasteiger partial charge in [-0.15, -0.1) is 11.3 Å². The molecule has 0 unspecified atom stereocenters. The van der Waals surface area contributed by atoms with Gasteiger partial charge in [-0.05, 0) is 49.6 Å². The number of hydrogen-bond donors (Lipinski definition) is 0. The van der Waals surface area contributed by atoms with Gasteiger partial charge in [-0.25, -0.2) is 4.79 Å². The summed E-state index contributed by atoms with van der Waals surface area (Å²) in [7, 11) is 0. The Labute approximate surface area is 173 Å². The maximum absolute atomic E-state index is 12.3. The lowest BCUT2D eigenvalue weighted by Gasteiger charge is -2.34. The quantitative estimate of drug-likeness (QED) is 0.677. The number of amides is 2. The van der Waals surface area contributed by atoms with Crippen molar-refractivity contribution in [2.45, 2.75) is 20.0 Å². The number of carbonyl (C=O) groups excluding carboxylic acids is 3. The molecule has 2 aromatic rings. The van der Waals surface area contributed by atoms with Gasteiger partial charge in [0.05, 0.1) is 16.5 Å². The van der Waals surface area contributed by atoms with Gasteiger partial charge in [-0.1, -0.05) is 6.07 Å². The van der Waals surface area contributed by atoms with Gasteiger partial charge < -0.3 is 19.3 Å². The summed E-state index contributed by atoms with van der Waals surface area (Å²) in [6.45, 7) is 5.31. The summed E-state index contributed by atoms with van der Waals surface area (Å²) in [5.74, 6) is -0.159. The SMILES string of the molecule is CC(C)Oc1ccc(C(=O)OCC(=O)N2CCN(C(=O)c3cccs3)CC2)cc1. The number of hydrogen-bond acceptors (Lipinski definition) is 6. The predicted molar refractivity (Wildman–Crippen MR) is 109 cm³/mol. The molecule has 8 heteroatoms. The molecule has 7 nitrogen and oxygen atoms in total. The van der Waals surface area contributed by atoms with Crippen LogP contribution < -0.4 is 4.74 Å². The third-order valence-electron chi connectivity index (χ3n) is 4.44. The fourth-order valence-electron chi connectivity index (χ4n) is 2.96. The lowest BCUT2D eigenvalue weighted by molar-refractivity contribution is -0.136. The molecule has 0 atom stereocenters. The molecule has 29 heavy (non-hydrogen) atoms. The van der Waals surface area contributed by atoms with Gasteiger partial charge in [0.2, 0.25) is 0 Å². The Balaban J connectivity index is 1.44. The zero-order valence-corrected chi connectivity index (χ0v) is 17.3. The van der Waals surface area contributed by atoms with Crippen LogP contribution in [-0.4, -0.2) is 66.5 Å². The first kappa shape index (κ1) is 20.9. The molecule has 2 amide bonds. The fraction of sp³-hybridized carbons (Fsp3) is 0.381. The van der Waals surface area contributed by atoms with E-state index in [0.717, 1.165) is 0 Å². The smallest absolute Gasteiger partial charge is 0.338 e. The number of carbonyl (C=O) groups is 3. The van der Waals surface area contributed by atoms with Crippen LogP contribution >= 0.6 is 11.3 Å². The molecular formula is C21H24N2O5S. The van der Waals surface area contributed by atoms with Gasteiger partial charge in [-0.3, -0.25) is 9.59 Å². The molecule has 1 aliphatic rings. The van der Waals surface area contributed by atoms with Crippen LogP contribution in [0, 0.1) is 0 Å². The van der Waals surface area contributed by atoms with Crippen LogP contribution in [0.4, 0.5) is 0 Å². The predicted octanol–water partition coefficient (Wildman–Crippen LogP) is 2.68. The van der Waals surface area contributed by atoms with E-state index in [9.17, 15) is 14.4 Å². The molecule has 2 heterocycles. The summed E-state index contributed by atoms with van der Waals surface area (Å²) >= 11 is 1.41. The molecule has 0 aliphatic carbocycles. The largest absolute Gasteiger partial charge is 0.491 e. The van der Waals surface area contributed by atoms with E-state index in [4.69, 9.17) is 9.47 Å². The third kappa shape index (κ3) is 5.57. The summed E-state index contributed by atoms with van der Waals surface area (Å²) < 4.78 is 10.7. The van der Waals surface area contributed by atoms with Crippen LogP contribution in [0.3, 0.4) is 0 Å². The zero-order valence-electron chi connectivity index (χ0n) is 16.5. The second kappa shape index (κ2) is 9.56. The van der Waals surface area contributed by atoms with E-state index in [0.29, 0.717) is 42.4 Å². The normalized spacial score (nSPS) is 14.0. The fourth-order valence-corrected chi connectivity index (χ4v) is 3.65. The molecule has 3 rings (SSSR count).